The number of hydrogen-bond acceptors (Lipinski definition) is 7. The Morgan fingerprint density at radius 1 is 1.20 bits per heavy atom. The molecule has 2 bridgehead atoms. The van der Waals surface area contributed by atoms with E-state index in [0.29, 0.717) is 24.8 Å². The van der Waals surface area contributed by atoms with Crippen LogP contribution in [0.5, 0.6) is 0 Å². The molecule has 2 fully saturated rings. The summed E-state index contributed by atoms with van der Waals surface area (Å²) in [7, 11) is -6.61. The lowest BCUT2D eigenvalue weighted by atomic mass is 9.71. The third-order valence-corrected chi connectivity index (χ3v) is 11.1. The number of carbonyl (C=O) groups excluding carboxylic acids is 1. The van der Waals surface area contributed by atoms with Crippen molar-refractivity contribution in [3.8, 4) is 0 Å². The smallest absolute Gasteiger partial charge is 0.286 e. The van der Waals surface area contributed by atoms with Crippen LogP contribution in [0.4, 0.5) is 20.2 Å². The minimum atomic E-state index is -4.28. The van der Waals surface area contributed by atoms with Crippen LogP contribution in [0.3, 0.4) is 0 Å². The molecule has 14 heteroatoms. The number of fused-ring (bicyclic) bond motifs is 6. The molecule has 0 saturated heterocycles. The van der Waals surface area contributed by atoms with E-state index in [-0.39, 0.29) is 40.3 Å². The van der Waals surface area contributed by atoms with Crippen LogP contribution in [0, 0.1) is 28.9 Å². The van der Waals surface area contributed by atoms with Gasteiger partial charge in [-0.05, 0) is 61.1 Å². The number of amides is 1. The summed E-state index contributed by atoms with van der Waals surface area (Å²) in [5.41, 5.74) is -0.252. The Labute approximate surface area is 230 Å². The Morgan fingerprint density at radius 2 is 1.95 bits per heavy atom. The zero-order valence-electron chi connectivity index (χ0n) is 21.5. The van der Waals surface area contributed by atoms with Crippen LogP contribution in [0.1, 0.15) is 24.8 Å². The maximum absolute atomic E-state index is 14.0. The van der Waals surface area contributed by atoms with Crippen molar-refractivity contribution < 1.29 is 35.5 Å². The van der Waals surface area contributed by atoms with Crippen LogP contribution in [0.15, 0.2) is 57.5 Å². The van der Waals surface area contributed by atoms with E-state index in [0.717, 1.165) is 28.8 Å². The number of sulfonamides is 2. The van der Waals surface area contributed by atoms with Crippen molar-refractivity contribution in [2.45, 2.75) is 36.7 Å². The fourth-order valence-corrected chi connectivity index (χ4v) is 8.48. The molecule has 10 nitrogen and oxygen atoms in total. The maximum Gasteiger partial charge on any atom is 0.286 e. The molecule has 40 heavy (non-hydrogen) atoms. The van der Waals surface area contributed by atoms with Crippen LogP contribution in [-0.2, 0) is 31.4 Å². The first kappa shape index (κ1) is 26.7. The first-order chi connectivity index (χ1) is 18.7. The fraction of sp³-hybridized carbons (Fsp3) is 0.385. The molecule has 2 N–H and O–H groups in total. The highest BCUT2D eigenvalue weighted by molar-refractivity contribution is 7.92. The van der Waals surface area contributed by atoms with Gasteiger partial charge in [0.1, 0.15) is 16.5 Å². The first-order valence-electron chi connectivity index (χ1n) is 12.6. The highest BCUT2D eigenvalue weighted by Gasteiger charge is 2.65. The molecular formula is C26H26F2N4O6S2. The highest BCUT2D eigenvalue weighted by atomic mass is 32.2. The summed E-state index contributed by atoms with van der Waals surface area (Å²) in [5.74, 6) is -3.08. The fourth-order valence-electron chi connectivity index (χ4n) is 6.75. The van der Waals surface area contributed by atoms with Gasteiger partial charge < -0.3 is 15.3 Å². The van der Waals surface area contributed by atoms with Gasteiger partial charge in [-0.25, -0.2) is 17.2 Å². The van der Waals surface area contributed by atoms with E-state index in [1.807, 2.05) is 0 Å². The van der Waals surface area contributed by atoms with Gasteiger partial charge >= 0.3 is 0 Å². The van der Waals surface area contributed by atoms with Gasteiger partial charge in [0, 0.05) is 25.6 Å². The van der Waals surface area contributed by atoms with Gasteiger partial charge in [0.2, 0.25) is 10.0 Å². The minimum absolute atomic E-state index is 0.0545. The molecule has 0 unspecified atom stereocenters. The lowest BCUT2D eigenvalue weighted by molar-refractivity contribution is -0.134. The molecule has 4 aliphatic rings. The van der Waals surface area contributed by atoms with Gasteiger partial charge in [0.15, 0.2) is 11.6 Å². The van der Waals surface area contributed by atoms with Crippen molar-refractivity contribution in [3.05, 3.63) is 65.4 Å². The largest absolute Gasteiger partial charge is 0.512 e. The molecule has 212 valence electrons. The number of amidine groups is 1. The van der Waals surface area contributed by atoms with Gasteiger partial charge in [0.25, 0.3) is 15.9 Å². The van der Waals surface area contributed by atoms with Crippen molar-refractivity contribution in [3.63, 3.8) is 0 Å². The molecule has 4 atom stereocenters. The van der Waals surface area contributed by atoms with E-state index in [4.69, 9.17) is 0 Å². The molecule has 2 aliphatic carbocycles. The Hall–Kier alpha value is -3.52. The van der Waals surface area contributed by atoms with Crippen molar-refractivity contribution >= 4 is 43.2 Å². The van der Waals surface area contributed by atoms with Crippen LogP contribution in [0.2, 0.25) is 0 Å². The Kier molecular flexibility index (Phi) is 5.83. The number of anilines is 2. The highest BCUT2D eigenvalue weighted by Crippen LogP contribution is 2.62. The summed E-state index contributed by atoms with van der Waals surface area (Å²) >= 11 is 0. The number of hydrogen-bond donors (Lipinski definition) is 2. The lowest BCUT2D eigenvalue weighted by Gasteiger charge is -2.48. The van der Waals surface area contributed by atoms with Crippen LogP contribution in [-0.4, -0.2) is 57.9 Å². The molecule has 2 aromatic rings. The van der Waals surface area contributed by atoms with E-state index in [1.165, 1.54) is 36.2 Å². The monoisotopic (exact) mass is 592 g/mol. The predicted molar refractivity (Wildman–Crippen MR) is 143 cm³/mol. The molecule has 2 aromatic carbocycles. The summed E-state index contributed by atoms with van der Waals surface area (Å²) < 4.78 is 83.5. The second-order valence-corrected chi connectivity index (χ2v) is 14.5. The number of benzene rings is 2. The third-order valence-electron chi connectivity index (χ3n) is 8.61. The molecule has 2 heterocycles. The quantitative estimate of drug-likeness (QED) is 0.544. The number of aliphatic hydroxyl groups excluding tert-OH is 1. The van der Waals surface area contributed by atoms with Crippen molar-refractivity contribution in [2.75, 3.05) is 22.9 Å². The average Bonchev–Trinajstić information content (AvgIpc) is 3.46. The lowest BCUT2D eigenvalue weighted by Crippen LogP contribution is -2.58. The molecule has 6 rings (SSSR count). The second-order valence-electron chi connectivity index (χ2n) is 10.9. The van der Waals surface area contributed by atoms with Gasteiger partial charge in [-0.3, -0.25) is 9.10 Å². The summed E-state index contributed by atoms with van der Waals surface area (Å²) in [6.45, 7) is -0.0761. The van der Waals surface area contributed by atoms with Crippen LogP contribution >= 0.6 is 0 Å². The Bertz CT molecular complexity index is 1740. The number of rotatable bonds is 5. The number of carbonyl (C=O) groups is 1. The van der Waals surface area contributed by atoms with E-state index in [1.54, 1.807) is 0 Å². The summed E-state index contributed by atoms with van der Waals surface area (Å²) in [6, 6.07) is 6.86. The van der Waals surface area contributed by atoms with Crippen LogP contribution < -0.4 is 9.62 Å². The number of nitrogens with zero attached hydrogens (tertiary/aromatic N) is 3. The molecular weight excluding hydrogens is 566 g/mol. The number of halogens is 2. The maximum atomic E-state index is 14.0. The van der Waals surface area contributed by atoms with E-state index < -0.39 is 55.0 Å². The van der Waals surface area contributed by atoms with Crippen molar-refractivity contribution in [2.24, 2.45) is 21.6 Å². The first-order valence-corrected chi connectivity index (χ1v) is 15.9. The van der Waals surface area contributed by atoms with E-state index in [9.17, 15) is 35.5 Å². The SMILES string of the molecule is CN(c1ccc2c(c1)S(=O)(=O)N=C([C@]13CC[C@@H](C1)[C@H]1C(O)=CC(=O)N(Cc4ccc(F)c(F)c4)[C@@H]13)N2)S(C)(=O)=O. The molecule has 0 spiro atoms. The number of aliphatic hydroxyl groups is 1. The molecule has 0 radical (unpaired) electrons. The van der Waals surface area contributed by atoms with E-state index >= 15 is 0 Å². The normalized spacial score (nSPS) is 28.4. The predicted octanol–water partition coefficient (Wildman–Crippen LogP) is 3.14. The van der Waals surface area contributed by atoms with E-state index in [2.05, 4.69) is 9.71 Å². The topological polar surface area (TPSA) is 136 Å². The number of nitrogens with one attached hydrogen (secondary N) is 1. The van der Waals surface area contributed by atoms with Gasteiger partial charge in [-0.15, -0.1) is 4.40 Å². The molecule has 1 amide bonds. The standard InChI is InChI=1S/C26H26F2N4O6S2/c1-31(39(2,35)36)16-4-6-19-21(10-16)40(37,38)30-25(29-19)26-8-7-15(12-26)23-20(33)11-22(34)32(24(23)26)13-14-3-5-17(27)18(28)9-14/h3-6,9-11,15,23-24,33H,7-8,12-13H2,1-2H3,(H,29,30)/t15-,23-,24-,26+/m0/s1. The Morgan fingerprint density at radius 3 is 2.65 bits per heavy atom. The summed E-state index contributed by atoms with van der Waals surface area (Å²) in [6.07, 6.45) is 3.74. The third kappa shape index (κ3) is 3.99. The zero-order chi connectivity index (χ0) is 28.8. The van der Waals surface area contributed by atoms with Gasteiger partial charge in [0.05, 0.1) is 29.1 Å². The van der Waals surface area contributed by atoms with Gasteiger partial charge in [-0.1, -0.05) is 6.07 Å². The average molecular weight is 593 g/mol. The van der Waals surface area contributed by atoms with Crippen molar-refractivity contribution in [1.29, 1.82) is 0 Å². The van der Waals surface area contributed by atoms with Gasteiger partial charge in [-0.2, -0.15) is 8.42 Å². The summed E-state index contributed by atoms with van der Waals surface area (Å²) in [5, 5.41) is 14.0. The zero-order valence-corrected chi connectivity index (χ0v) is 23.1. The molecule has 2 aliphatic heterocycles. The van der Waals surface area contributed by atoms with Crippen LogP contribution in [0.25, 0.3) is 0 Å². The summed E-state index contributed by atoms with van der Waals surface area (Å²) in [4.78, 5) is 14.5. The minimum Gasteiger partial charge on any atom is -0.512 e. The molecule has 2 saturated carbocycles. The Balaban J connectivity index is 1.42. The molecule has 0 aromatic heterocycles. The second kappa shape index (κ2) is 8.74. The van der Waals surface area contributed by atoms with Crippen molar-refractivity contribution in [1.82, 2.24) is 4.90 Å².